The van der Waals surface area contributed by atoms with E-state index in [1.807, 2.05) is 6.92 Å². The molecule has 1 aliphatic carbocycles. The third-order valence-electron chi connectivity index (χ3n) is 7.21. The lowest BCUT2D eigenvalue weighted by Crippen LogP contribution is -2.55. The summed E-state index contributed by atoms with van der Waals surface area (Å²) in [4.78, 5) is 25.1. The van der Waals surface area contributed by atoms with Crippen LogP contribution in [0.25, 0.3) is 0 Å². The zero-order chi connectivity index (χ0) is 20.1. The molecular formula is C21H36O5. The fraction of sp³-hybridized carbons (Fsp3) is 0.905. The number of ketones is 1. The first-order chi connectivity index (χ1) is 11.8. The SMILES string of the molecule is CCC(=O)OC(C1CC(C)C2C(O1)C(=O)C(C)(CC)C2(C)C)C(C)(C)O. The molecule has 1 N–H and O–H groups in total. The highest BCUT2D eigenvalue weighted by molar-refractivity contribution is 5.92. The van der Waals surface area contributed by atoms with Gasteiger partial charge in [0.25, 0.3) is 0 Å². The molecule has 5 nitrogen and oxygen atoms in total. The van der Waals surface area contributed by atoms with E-state index < -0.39 is 29.3 Å². The quantitative estimate of drug-likeness (QED) is 0.752. The van der Waals surface area contributed by atoms with Gasteiger partial charge in [-0.05, 0) is 38.0 Å². The number of fused-ring (bicyclic) bond motifs is 1. The maximum absolute atomic E-state index is 13.3. The van der Waals surface area contributed by atoms with E-state index in [1.165, 1.54) is 0 Å². The molecule has 1 heterocycles. The summed E-state index contributed by atoms with van der Waals surface area (Å²) >= 11 is 0. The van der Waals surface area contributed by atoms with E-state index in [1.54, 1.807) is 20.8 Å². The van der Waals surface area contributed by atoms with Gasteiger partial charge in [-0.25, -0.2) is 0 Å². The Balaban J connectivity index is 2.35. The van der Waals surface area contributed by atoms with Crippen molar-refractivity contribution in [3.05, 3.63) is 0 Å². The minimum Gasteiger partial charge on any atom is -0.457 e. The van der Waals surface area contributed by atoms with Gasteiger partial charge in [0.15, 0.2) is 11.9 Å². The molecule has 0 aromatic rings. The Morgan fingerprint density at radius 3 is 2.38 bits per heavy atom. The largest absolute Gasteiger partial charge is 0.457 e. The van der Waals surface area contributed by atoms with Gasteiger partial charge in [0.2, 0.25) is 0 Å². The van der Waals surface area contributed by atoms with Crippen molar-refractivity contribution in [1.29, 1.82) is 0 Å². The summed E-state index contributed by atoms with van der Waals surface area (Å²) in [5, 5.41) is 10.6. The molecule has 6 unspecified atom stereocenters. The van der Waals surface area contributed by atoms with Gasteiger partial charge in [-0.1, -0.05) is 41.5 Å². The number of hydrogen-bond donors (Lipinski definition) is 1. The van der Waals surface area contributed by atoms with E-state index in [4.69, 9.17) is 9.47 Å². The molecule has 150 valence electrons. The highest BCUT2D eigenvalue weighted by Crippen LogP contribution is 2.61. The van der Waals surface area contributed by atoms with Crippen molar-refractivity contribution in [3.63, 3.8) is 0 Å². The number of Topliss-reactive ketones (excluding diaryl/α,β-unsaturated/α-hetero) is 1. The lowest BCUT2D eigenvalue weighted by molar-refractivity contribution is -0.207. The Morgan fingerprint density at radius 2 is 1.92 bits per heavy atom. The van der Waals surface area contributed by atoms with Crippen molar-refractivity contribution < 1.29 is 24.2 Å². The van der Waals surface area contributed by atoms with Crippen molar-refractivity contribution in [1.82, 2.24) is 0 Å². The third-order valence-corrected chi connectivity index (χ3v) is 7.21. The van der Waals surface area contributed by atoms with Gasteiger partial charge >= 0.3 is 5.97 Å². The van der Waals surface area contributed by atoms with Crippen molar-refractivity contribution in [2.75, 3.05) is 0 Å². The van der Waals surface area contributed by atoms with E-state index in [-0.39, 0.29) is 35.4 Å². The summed E-state index contributed by atoms with van der Waals surface area (Å²) in [6, 6.07) is 0. The molecular weight excluding hydrogens is 332 g/mol. The van der Waals surface area contributed by atoms with Crippen LogP contribution in [0, 0.1) is 22.7 Å². The number of aliphatic hydroxyl groups is 1. The summed E-state index contributed by atoms with van der Waals surface area (Å²) in [7, 11) is 0. The van der Waals surface area contributed by atoms with E-state index in [0.29, 0.717) is 6.42 Å². The molecule has 2 rings (SSSR count). The second kappa shape index (κ2) is 6.90. The zero-order valence-corrected chi connectivity index (χ0v) is 17.6. The van der Waals surface area contributed by atoms with Gasteiger partial charge in [0.1, 0.15) is 6.10 Å². The summed E-state index contributed by atoms with van der Waals surface area (Å²) in [6.45, 7) is 15.6. The maximum Gasteiger partial charge on any atom is 0.305 e. The fourth-order valence-electron chi connectivity index (χ4n) is 5.18. The van der Waals surface area contributed by atoms with Gasteiger partial charge in [-0.3, -0.25) is 9.59 Å². The Morgan fingerprint density at radius 1 is 1.35 bits per heavy atom. The normalized spacial score (nSPS) is 38.0. The van der Waals surface area contributed by atoms with Crippen LogP contribution in [0.2, 0.25) is 0 Å². The van der Waals surface area contributed by atoms with Crippen LogP contribution < -0.4 is 0 Å². The molecule has 0 amide bonds. The monoisotopic (exact) mass is 368 g/mol. The molecule has 0 radical (unpaired) electrons. The highest BCUT2D eigenvalue weighted by atomic mass is 16.6. The van der Waals surface area contributed by atoms with Crippen LogP contribution in [0.15, 0.2) is 0 Å². The second-order valence-corrected chi connectivity index (χ2v) is 9.52. The number of carbonyl (C=O) groups is 2. The van der Waals surface area contributed by atoms with Crippen molar-refractivity contribution in [2.45, 2.75) is 98.6 Å². The highest BCUT2D eigenvalue weighted by Gasteiger charge is 2.65. The molecule has 0 aromatic carbocycles. The van der Waals surface area contributed by atoms with Crippen LogP contribution in [0.3, 0.4) is 0 Å². The number of hydrogen-bond acceptors (Lipinski definition) is 5. The predicted octanol–water partition coefficient (Wildman–Crippen LogP) is 3.51. The number of carbonyl (C=O) groups excluding carboxylic acids is 2. The predicted molar refractivity (Wildman–Crippen MR) is 99.6 cm³/mol. The molecule has 2 fully saturated rings. The molecule has 6 atom stereocenters. The first kappa shape index (κ1) is 21.4. The Kier molecular flexibility index (Phi) is 5.67. The molecule has 1 saturated heterocycles. The lowest BCUT2D eigenvalue weighted by Gasteiger charge is -2.47. The molecule has 1 saturated carbocycles. The Hall–Kier alpha value is -0.940. The topological polar surface area (TPSA) is 72.8 Å². The molecule has 5 heteroatoms. The average molecular weight is 369 g/mol. The first-order valence-electron chi connectivity index (χ1n) is 9.92. The van der Waals surface area contributed by atoms with E-state index in [9.17, 15) is 14.7 Å². The van der Waals surface area contributed by atoms with Gasteiger partial charge in [-0.15, -0.1) is 0 Å². The maximum atomic E-state index is 13.3. The van der Waals surface area contributed by atoms with Crippen molar-refractivity contribution >= 4 is 11.8 Å². The second-order valence-electron chi connectivity index (χ2n) is 9.52. The standard InChI is InChI=1S/C21H36O5/c1-9-14(22)26-18(20(6,7)24)13-11-12(3)15-16(25-13)17(23)21(8,10-2)19(15,4)5/h12-13,15-16,18,24H,9-11H2,1-8H3. The van der Waals surface area contributed by atoms with Gasteiger partial charge < -0.3 is 14.6 Å². The zero-order valence-electron chi connectivity index (χ0n) is 17.6. The number of ether oxygens (including phenoxy) is 2. The Labute approximate surface area is 157 Å². The molecule has 0 spiro atoms. The smallest absolute Gasteiger partial charge is 0.305 e. The first-order valence-corrected chi connectivity index (χ1v) is 9.92. The van der Waals surface area contributed by atoms with E-state index >= 15 is 0 Å². The summed E-state index contributed by atoms with van der Waals surface area (Å²) in [5.74, 6) is 0.131. The van der Waals surface area contributed by atoms with Crippen LogP contribution in [0.4, 0.5) is 0 Å². The van der Waals surface area contributed by atoms with Crippen LogP contribution in [-0.2, 0) is 19.1 Å². The summed E-state index contributed by atoms with van der Waals surface area (Å²) in [6.07, 6.45) is -0.117. The fourth-order valence-corrected chi connectivity index (χ4v) is 5.18. The minimum atomic E-state index is -1.24. The molecule has 26 heavy (non-hydrogen) atoms. The van der Waals surface area contributed by atoms with E-state index in [2.05, 4.69) is 27.7 Å². The van der Waals surface area contributed by atoms with Crippen molar-refractivity contribution in [2.24, 2.45) is 22.7 Å². The van der Waals surface area contributed by atoms with Gasteiger partial charge in [-0.2, -0.15) is 0 Å². The van der Waals surface area contributed by atoms with Gasteiger partial charge in [0, 0.05) is 17.8 Å². The van der Waals surface area contributed by atoms with E-state index in [0.717, 1.165) is 6.42 Å². The van der Waals surface area contributed by atoms with Crippen LogP contribution in [-0.4, -0.2) is 40.8 Å². The summed E-state index contributed by atoms with van der Waals surface area (Å²) < 4.78 is 11.8. The van der Waals surface area contributed by atoms with Crippen molar-refractivity contribution in [3.8, 4) is 0 Å². The molecule has 0 bridgehead atoms. The van der Waals surface area contributed by atoms with Crippen LogP contribution in [0.1, 0.15) is 74.7 Å². The molecule has 2 aliphatic rings. The average Bonchev–Trinajstić information content (AvgIpc) is 2.69. The van der Waals surface area contributed by atoms with Crippen LogP contribution in [0.5, 0.6) is 0 Å². The number of rotatable bonds is 5. The lowest BCUT2D eigenvalue weighted by atomic mass is 9.61. The molecule has 1 aliphatic heterocycles. The third kappa shape index (κ3) is 3.22. The van der Waals surface area contributed by atoms with Crippen LogP contribution >= 0.6 is 0 Å². The van der Waals surface area contributed by atoms with Gasteiger partial charge in [0.05, 0.1) is 11.7 Å². The molecule has 0 aromatic heterocycles. The minimum absolute atomic E-state index is 0.125. The Bertz CT molecular complexity index is 561. The summed E-state index contributed by atoms with van der Waals surface area (Å²) in [5.41, 5.74) is -1.85. The number of esters is 1.